The molecule has 2 N–H and O–H groups in total. The van der Waals surface area contributed by atoms with Crippen molar-refractivity contribution < 1.29 is 19.1 Å². The van der Waals surface area contributed by atoms with Gasteiger partial charge in [-0.15, -0.1) is 10.2 Å². The molecular weight excluding hydrogens is 526 g/mol. The van der Waals surface area contributed by atoms with Crippen molar-refractivity contribution >= 4 is 46.8 Å². The first kappa shape index (κ1) is 29.2. The van der Waals surface area contributed by atoms with Crippen molar-refractivity contribution in [3.63, 3.8) is 0 Å². The molecular formula is C27H32ClN5O4S. The maximum Gasteiger partial charge on any atom is 0.338 e. The summed E-state index contributed by atoms with van der Waals surface area (Å²) in [7, 11) is 0. The number of thioether (sulfide) groups is 1. The van der Waals surface area contributed by atoms with Crippen LogP contribution in [0.15, 0.2) is 53.7 Å². The van der Waals surface area contributed by atoms with Gasteiger partial charge in [-0.1, -0.05) is 55.4 Å². The number of benzene rings is 2. The van der Waals surface area contributed by atoms with E-state index in [1.165, 1.54) is 23.9 Å². The molecule has 0 saturated heterocycles. The number of halogens is 1. The van der Waals surface area contributed by atoms with Gasteiger partial charge in [-0.3, -0.25) is 9.59 Å². The molecule has 202 valence electrons. The van der Waals surface area contributed by atoms with Crippen molar-refractivity contribution in [3.8, 4) is 0 Å². The van der Waals surface area contributed by atoms with Crippen LogP contribution in [-0.4, -0.2) is 44.4 Å². The van der Waals surface area contributed by atoms with Gasteiger partial charge in [0.1, 0.15) is 0 Å². The summed E-state index contributed by atoms with van der Waals surface area (Å²) in [6, 6.07) is 13.2. The lowest BCUT2D eigenvalue weighted by Crippen LogP contribution is -2.33. The molecule has 2 amide bonds. The molecule has 11 heteroatoms. The van der Waals surface area contributed by atoms with Gasteiger partial charge in [0.25, 0.3) is 5.91 Å². The third-order valence-corrected chi connectivity index (χ3v) is 6.78. The van der Waals surface area contributed by atoms with Crippen molar-refractivity contribution in [2.75, 3.05) is 11.1 Å². The zero-order valence-corrected chi connectivity index (χ0v) is 23.6. The molecule has 3 rings (SSSR count). The average Bonchev–Trinajstić information content (AvgIpc) is 3.29. The Kier molecular flexibility index (Phi) is 10.3. The molecule has 1 atom stereocenters. The van der Waals surface area contributed by atoms with Gasteiger partial charge in [0, 0.05) is 12.1 Å². The van der Waals surface area contributed by atoms with Crippen molar-refractivity contribution in [2.45, 2.75) is 58.5 Å². The normalized spacial score (nSPS) is 11.9. The Balaban J connectivity index is 1.70. The van der Waals surface area contributed by atoms with E-state index in [1.807, 2.05) is 43.5 Å². The summed E-state index contributed by atoms with van der Waals surface area (Å²) in [5.41, 5.74) is 1.17. The third kappa shape index (κ3) is 7.58. The molecule has 0 radical (unpaired) electrons. The van der Waals surface area contributed by atoms with E-state index in [-0.39, 0.29) is 35.6 Å². The van der Waals surface area contributed by atoms with Crippen molar-refractivity contribution in [1.29, 1.82) is 0 Å². The Morgan fingerprint density at radius 1 is 1.03 bits per heavy atom. The van der Waals surface area contributed by atoms with E-state index >= 15 is 0 Å². The van der Waals surface area contributed by atoms with Crippen LogP contribution in [0.25, 0.3) is 0 Å². The van der Waals surface area contributed by atoms with Crippen LogP contribution >= 0.6 is 23.4 Å². The molecule has 1 aromatic heterocycles. The van der Waals surface area contributed by atoms with E-state index in [0.717, 1.165) is 0 Å². The minimum atomic E-state index is -0.496. The van der Waals surface area contributed by atoms with Crippen molar-refractivity contribution in [3.05, 3.63) is 70.5 Å². The first-order valence-electron chi connectivity index (χ1n) is 12.3. The third-order valence-electron chi connectivity index (χ3n) is 5.48. The molecule has 2 aromatic carbocycles. The fraction of sp³-hybridized carbons (Fsp3) is 0.370. The number of rotatable bonds is 11. The summed E-state index contributed by atoms with van der Waals surface area (Å²) >= 11 is 7.45. The molecule has 0 saturated carbocycles. The smallest absolute Gasteiger partial charge is 0.338 e. The molecule has 0 bridgehead atoms. The van der Waals surface area contributed by atoms with Gasteiger partial charge in [0.15, 0.2) is 11.0 Å². The number of amides is 2. The number of ether oxygens (including phenoxy) is 1. The second-order valence-electron chi connectivity index (χ2n) is 9.13. The molecule has 1 heterocycles. The van der Waals surface area contributed by atoms with Crippen LogP contribution in [-0.2, 0) is 16.1 Å². The van der Waals surface area contributed by atoms with Gasteiger partial charge in [-0.05, 0) is 57.0 Å². The number of hydrogen-bond donors (Lipinski definition) is 2. The van der Waals surface area contributed by atoms with E-state index < -0.39 is 5.97 Å². The van der Waals surface area contributed by atoms with Crippen molar-refractivity contribution in [1.82, 2.24) is 20.1 Å². The van der Waals surface area contributed by atoms with E-state index in [2.05, 4.69) is 20.8 Å². The summed E-state index contributed by atoms with van der Waals surface area (Å²) in [6.45, 7) is 10.0. The fourth-order valence-corrected chi connectivity index (χ4v) is 4.60. The summed E-state index contributed by atoms with van der Waals surface area (Å²) in [6.07, 6.45) is -0.268. The molecule has 9 nitrogen and oxygen atoms in total. The number of hydrogen-bond acceptors (Lipinski definition) is 7. The molecule has 0 aliphatic carbocycles. The van der Waals surface area contributed by atoms with Gasteiger partial charge >= 0.3 is 5.97 Å². The maximum atomic E-state index is 12.8. The highest BCUT2D eigenvalue weighted by Crippen LogP contribution is 2.27. The second kappa shape index (κ2) is 13.4. The number of carbonyl (C=O) groups is 3. The molecule has 0 fully saturated rings. The summed E-state index contributed by atoms with van der Waals surface area (Å²) < 4.78 is 7.10. The summed E-state index contributed by atoms with van der Waals surface area (Å²) in [5, 5.41) is 15.3. The average molecular weight is 558 g/mol. The molecule has 1 unspecified atom stereocenters. The minimum absolute atomic E-state index is 0.0395. The van der Waals surface area contributed by atoms with Gasteiger partial charge in [0.2, 0.25) is 5.91 Å². The fourth-order valence-electron chi connectivity index (χ4n) is 3.62. The first-order chi connectivity index (χ1) is 18.1. The molecule has 38 heavy (non-hydrogen) atoms. The standard InChI is InChI=1S/C27H32ClN5O4S/c1-6-33-24(23(16(2)3)30-25(35)18-10-8-7-9-11-18)31-32-27(33)38-15-22(34)29-21-14-19(12-13-20(21)28)26(36)37-17(4)5/h7-14,16-17,23H,6,15H2,1-5H3,(H,29,34)(H,30,35). The van der Waals surface area contributed by atoms with E-state index in [0.29, 0.717) is 39.4 Å². The number of nitrogens with one attached hydrogen (secondary N) is 2. The van der Waals surface area contributed by atoms with Crippen molar-refractivity contribution in [2.24, 2.45) is 5.92 Å². The van der Waals surface area contributed by atoms with E-state index in [1.54, 1.807) is 32.0 Å². The van der Waals surface area contributed by atoms with Crippen LogP contribution in [0.4, 0.5) is 5.69 Å². The monoisotopic (exact) mass is 557 g/mol. The Morgan fingerprint density at radius 2 is 1.74 bits per heavy atom. The minimum Gasteiger partial charge on any atom is -0.459 e. The summed E-state index contributed by atoms with van der Waals surface area (Å²) in [4.78, 5) is 37.7. The number of nitrogens with zero attached hydrogens (tertiary/aromatic N) is 3. The Morgan fingerprint density at radius 3 is 2.37 bits per heavy atom. The lowest BCUT2D eigenvalue weighted by molar-refractivity contribution is -0.113. The predicted octanol–water partition coefficient (Wildman–Crippen LogP) is 5.37. The highest BCUT2D eigenvalue weighted by molar-refractivity contribution is 7.99. The molecule has 0 aliphatic rings. The van der Waals surface area contributed by atoms with E-state index in [9.17, 15) is 14.4 Å². The van der Waals surface area contributed by atoms with Crippen LogP contribution < -0.4 is 10.6 Å². The number of aromatic nitrogens is 3. The van der Waals surface area contributed by atoms with Gasteiger partial charge in [0.05, 0.1) is 34.2 Å². The topological polar surface area (TPSA) is 115 Å². The zero-order valence-electron chi connectivity index (χ0n) is 22.0. The van der Waals surface area contributed by atoms with Crippen LogP contribution in [0.3, 0.4) is 0 Å². The molecule has 0 spiro atoms. The highest BCUT2D eigenvalue weighted by Gasteiger charge is 2.26. The first-order valence-corrected chi connectivity index (χ1v) is 13.7. The SMILES string of the molecule is CCn1c(SCC(=O)Nc2cc(C(=O)OC(C)C)ccc2Cl)nnc1C(NC(=O)c1ccccc1)C(C)C. The second-order valence-corrected chi connectivity index (χ2v) is 10.5. The van der Waals surface area contributed by atoms with Gasteiger partial charge in [-0.2, -0.15) is 0 Å². The molecule has 3 aromatic rings. The molecule has 0 aliphatic heterocycles. The zero-order chi connectivity index (χ0) is 27.8. The van der Waals surface area contributed by atoms with Gasteiger partial charge < -0.3 is 19.9 Å². The van der Waals surface area contributed by atoms with E-state index in [4.69, 9.17) is 16.3 Å². The number of esters is 1. The Hall–Kier alpha value is -3.37. The highest BCUT2D eigenvalue weighted by atomic mass is 35.5. The lowest BCUT2D eigenvalue weighted by Gasteiger charge is -2.22. The number of carbonyl (C=O) groups excluding carboxylic acids is 3. The van der Waals surface area contributed by atoms with Crippen LogP contribution in [0.2, 0.25) is 5.02 Å². The number of anilines is 1. The van der Waals surface area contributed by atoms with Crippen LogP contribution in [0, 0.1) is 5.92 Å². The Bertz CT molecular complexity index is 1280. The summed E-state index contributed by atoms with van der Waals surface area (Å²) in [5.74, 6) is -0.303. The van der Waals surface area contributed by atoms with Crippen LogP contribution in [0.5, 0.6) is 0 Å². The quantitative estimate of drug-likeness (QED) is 0.240. The van der Waals surface area contributed by atoms with Gasteiger partial charge in [-0.25, -0.2) is 4.79 Å². The lowest BCUT2D eigenvalue weighted by atomic mass is 10.0. The van der Waals surface area contributed by atoms with Crippen LogP contribution in [0.1, 0.15) is 67.2 Å². The Labute approximate surface area is 231 Å². The predicted molar refractivity (Wildman–Crippen MR) is 149 cm³/mol. The largest absolute Gasteiger partial charge is 0.459 e. The maximum absolute atomic E-state index is 12.8.